The third-order valence-electron chi connectivity index (χ3n) is 2.90. The lowest BCUT2D eigenvalue weighted by molar-refractivity contribution is -0.384. The maximum Gasteiger partial charge on any atom is 0.269 e. The second-order valence-electron chi connectivity index (χ2n) is 5.04. The third-order valence-corrected chi connectivity index (χ3v) is 2.90. The summed E-state index contributed by atoms with van der Waals surface area (Å²) in [6.07, 6.45) is 0. The molecule has 0 unspecified atom stereocenters. The average Bonchev–Trinajstić information content (AvgIpc) is 2.46. The van der Waals surface area contributed by atoms with Crippen LogP contribution in [0.2, 0.25) is 0 Å². The van der Waals surface area contributed by atoms with Crippen molar-refractivity contribution in [3.8, 4) is 11.5 Å². The van der Waals surface area contributed by atoms with Crippen molar-refractivity contribution in [3.05, 3.63) is 64.2 Å². The van der Waals surface area contributed by atoms with Crippen LogP contribution < -0.4 is 10.1 Å². The van der Waals surface area contributed by atoms with Crippen molar-refractivity contribution in [2.75, 3.05) is 0 Å². The van der Waals surface area contributed by atoms with Crippen LogP contribution in [-0.2, 0) is 6.54 Å². The molecule has 0 saturated heterocycles. The van der Waals surface area contributed by atoms with Gasteiger partial charge in [-0.2, -0.15) is 0 Å². The van der Waals surface area contributed by atoms with Crippen molar-refractivity contribution >= 4 is 5.69 Å². The Morgan fingerprint density at radius 2 is 1.86 bits per heavy atom. The van der Waals surface area contributed by atoms with E-state index in [9.17, 15) is 10.1 Å². The fraction of sp³-hybridized carbons (Fsp3) is 0.250. The first kappa shape index (κ1) is 15.0. The van der Waals surface area contributed by atoms with Gasteiger partial charge in [0, 0.05) is 24.7 Å². The SMILES string of the molecule is CC(C)NCc1cccc(Oc2ccc([N+](=O)[O-])cc2)c1. The molecule has 0 aliphatic rings. The van der Waals surface area contributed by atoms with Gasteiger partial charge in [-0.3, -0.25) is 10.1 Å². The zero-order valence-electron chi connectivity index (χ0n) is 12.1. The molecule has 0 heterocycles. The Morgan fingerprint density at radius 1 is 1.14 bits per heavy atom. The van der Waals surface area contributed by atoms with Crippen LogP contribution in [0.4, 0.5) is 5.69 Å². The van der Waals surface area contributed by atoms with Crippen LogP contribution in [0.25, 0.3) is 0 Å². The lowest BCUT2D eigenvalue weighted by Gasteiger charge is -2.10. The Morgan fingerprint density at radius 3 is 2.48 bits per heavy atom. The smallest absolute Gasteiger partial charge is 0.269 e. The summed E-state index contributed by atoms with van der Waals surface area (Å²) >= 11 is 0. The zero-order chi connectivity index (χ0) is 15.2. The Balaban J connectivity index is 2.05. The van der Waals surface area contributed by atoms with Gasteiger partial charge < -0.3 is 10.1 Å². The Labute approximate surface area is 123 Å². The number of rotatable bonds is 6. The summed E-state index contributed by atoms with van der Waals surface area (Å²) in [4.78, 5) is 10.2. The second-order valence-corrected chi connectivity index (χ2v) is 5.04. The van der Waals surface area contributed by atoms with Crippen molar-refractivity contribution in [1.82, 2.24) is 5.32 Å². The van der Waals surface area contributed by atoms with Gasteiger partial charge in [0.15, 0.2) is 0 Å². The number of ether oxygens (including phenoxy) is 1. The second kappa shape index (κ2) is 6.85. The Bertz CT molecular complexity index is 609. The van der Waals surface area contributed by atoms with E-state index >= 15 is 0 Å². The molecule has 0 bridgehead atoms. The Hall–Kier alpha value is -2.40. The van der Waals surface area contributed by atoms with Gasteiger partial charge in [0.05, 0.1) is 4.92 Å². The molecule has 0 radical (unpaired) electrons. The number of hydrogen-bond donors (Lipinski definition) is 1. The highest BCUT2D eigenvalue weighted by molar-refractivity contribution is 5.39. The predicted octanol–water partition coefficient (Wildman–Crippen LogP) is 3.89. The number of nitrogens with one attached hydrogen (secondary N) is 1. The standard InChI is InChI=1S/C16H18N2O3/c1-12(2)17-11-13-4-3-5-16(10-13)21-15-8-6-14(7-9-15)18(19)20/h3-10,12,17H,11H2,1-2H3. The fourth-order valence-corrected chi connectivity index (χ4v) is 1.81. The molecule has 0 aliphatic carbocycles. The number of nitro benzene ring substituents is 1. The van der Waals surface area contributed by atoms with Crippen molar-refractivity contribution in [1.29, 1.82) is 0 Å². The van der Waals surface area contributed by atoms with E-state index < -0.39 is 4.92 Å². The molecule has 5 heteroatoms. The van der Waals surface area contributed by atoms with Crippen LogP contribution in [0.15, 0.2) is 48.5 Å². The molecule has 0 amide bonds. The lowest BCUT2D eigenvalue weighted by Crippen LogP contribution is -2.21. The van der Waals surface area contributed by atoms with Crippen LogP contribution in [-0.4, -0.2) is 11.0 Å². The van der Waals surface area contributed by atoms with Crippen molar-refractivity contribution in [3.63, 3.8) is 0 Å². The first-order valence-corrected chi connectivity index (χ1v) is 6.79. The average molecular weight is 286 g/mol. The quantitative estimate of drug-likeness (QED) is 0.646. The molecule has 2 aromatic rings. The minimum Gasteiger partial charge on any atom is -0.457 e. The number of non-ortho nitro benzene ring substituents is 1. The highest BCUT2D eigenvalue weighted by atomic mass is 16.6. The maximum atomic E-state index is 10.6. The largest absolute Gasteiger partial charge is 0.457 e. The summed E-state index contributed by atoms with van der Waals surface area (Å²) in [6, 6.07) is 14.2. The van der Waals surface area contributed by atoms with Gasteiger partial charge in [-0.1, -0.05) is 26.0 Å². The molecule has 2 rings (SSSR count). The van der Waals surface area contributed by atoms with E-state index in [-0.39, 0.29) is 5.69 Å². The molecule has 0 fully saturated rings. The van der Waals surface area contributed by atoms with Gasteiger partial charge in [0.2, 0.25) is 0 Å². The molecule has 110 valence electrons. The van der Waals surface area contributed by atoms with E-state index in [1.165, 1.54) is 12.1 Å². The van der Waals surface area contributed by atoms with Crippen LogP contribution in [0.1, 0.15) is 19.4 Å². The van der Waals surface area contributed by atoms with Gasteiger partial charge in [0.1, 0.15) is 11.5 Å². The van der Waals surface area contributed by atoms with E-state index in [4.69, 9.17) is 4.74 Å². The van der Waals surface area contributed by atoms with E-state index in [0.717, 1.165) is 12.1 Å². The van der Waals surface area contributed by atoms with Crippen LogP contribution in [0, 0.1) is 10.1 Å². The molecule has 0 aromatic heterocycles. The highest BCUT2D eigenvalue weighted by Gasteiger charge is 2.05. The highest BCUT2D eigenvalue weighted by Crippen LogP contribution is 2.24. The summed E-state index contributed by atoms with van der Waals surface area (Å²) in [5.74, 6) is 1.29. The van der Waals surface area contributed by atoms with E-state index in [0.29, 0.717) is 17.5 Å². The van der Waals surface area contributed by atoms with Crippen molar-refractivity contribution in [2.24, 2.45) is 0 Å². The van der Waals surface area contributed by atoms with E-state index in [1.807, 2.05) is 24.3 Å². The van der Waals surface area contributed by atoms with Gasteiger partial charge in [0.25, 0.3) is 5.69 Å². The van der Waals surface area contributed by atoms with E-state index in [2.05, 4.69) is 19.2 Å². The maximum absolute atomic E-state index is 10.6. The van der Waals surface area contributed by atoms with Gasteiger partial charge in [-0.25, -0.2) is 0 Å². The lowest BCUT2D eigenvalue weighted by atomic mass is 10.2. The van der Waals surface area contributed by atoms with Gasteiger partial charge >= 0.3 is 0 Å². The first-order chi connectivity index (χ1) is 10.0. The summed E-state index contributed by atoms with van der Waals surface area (Å²) in [6.45, 7) is 4.96. The topological polar surface area (TPSA) is 64.4 Å². The van der Waals surface area contributed by atoms with Gasteiger partial charge in [-0.15, -0.1) is 0 Å². The zero-order valence-corrected chi connectivity index (χ0v) is 12.1. The molecule has 0 saturated carbocycles. The summed E-state index contributed by atoms with van der Waals surface area (Å²) in [5.41, 5.74) is 1.18. The third kappa shape index (κ3) is 4.57. The van der Waals surface area contributed by atoms with Crippen LogP contribution in [0.3, 0.4) is 0 Å². The molecule has 5 nitrogen and oxygen atoms in total. The molecule has 0 atom stereocenters. The minimum atomic E-state index is -0.429. The fourth-order valence-electron chi connectivity index (χ4n) is 1.81. The van der Waals surface area contributed by atoms with Crippen molar-refractivity contribution < 1.29 is 9.66 Å². The monoisotopic (exact) mass is 286 g/mol. The molecule has 21 heavy (non-hydrogen) atoms. The van der Waals surface area contributed by atoms with Crippen LogP contribution in [0.5, 0.6) is 11.5 Å². The predicted molar refractivity (Wildman–Crippen MR) is 81.6 cm³/mol. The molecule has 2 aromatic carbocycles. The molecule has 0 spiro atoms. The van der Waals surface area contributed by atoms with E-state index in [1.54, 1.807) is 12.1 Å². The summed E-state index contributed by atoms with van der Waals surface area (Å²) in [5, 5.41) is 13.9. The molecular weight excluding hydrogens is 268 g/mol. The van der Waals surface area contributed by atoms with Gasteiger partial charge in [-0.05, 0) is 29.8 Å². The molecular formula is C16H18N2O3. The number of nitrogens with zero attached hydrogens (tertiary/aromatic N) is 1. The normalized spacial score (nSPS) is 10.6. The van der Waals surface area contributed by atoms with Crippen molar-refractivity contribution in [2.45, 2.75) is 26.4 Å². The summed E-state index contributed by atoms with van der Waals surface area (Å²) in [7, 11) is 0. The molecule has 0 aliphatic heterocycles. The number of benzene rings is 2. The van der Waals surface area contributed by atoms with Crippen LogP contribution >= 0.6 is 0 Å². The summed E-state index contributed by atoms with van der Waals surface area (Å²) < 4.78 is 5.71. The minimum absolute atomic E-state index is 0.0530. The first-order valence-electron chi connectivity index (χ1n) is 6.79. The Kier molecular flexibility index (Phi) is 4.90. The number of nitro groups is 1. The number of hydrogen-bond acceptors (Lipinski definition) is 4. The molecule has 1 N–H and O–H groups in total.